The fraction of sp³-hybridized carbons (Fsp3) is 0.500. The molecule has 3 atom stereocenters. The Balaban J connectivity index is 1.98. The fourth-order valence-corrected chi connectivity index (χ4v) is 2.68. The van der Waals surface area contributed by atoms with Gasteiger partial charge in [0.15, 0.2) is 0 Å². The number of hydrogen-bond donors (Lipinski definition) is 0. The summed E-state index contributed by atoms with van der Waals surface area (Å²) >= 11 is 8.36. The summed E-state index contributed by atoms with van der Waals surface area (Å²) in [4.78, 5) is 0. The van der Waals surface area contributed by atoms with Crippen LogP contribution >= 0.6 is 34.2 Å². The van der Waals surface area contributed by atoms with Gasteiger partial charge >= 0.3 is 0 Å². The van der Waals surface area contributed by atoms with E-state index < -0.39 is 0 Å². The maximum atomic E-state index is 6.09. The van der Waals surface area contributed by atoms with Crippen molar-refractivity contribution in [3.05, 3.63) is 27.8 Å². The maximum Gasteiger partial charge on any atom is 0.133 e. The summed E-state index contributed by atoms with van der Waals surface area (Å²) in [5.41, 5.74) is 0. The third-order valence-electron chi connectivity index (χ3n) is 2.65. The highest BCUT2D eigenvalue weighted by Gasteiger charge is 2.42. The van der Waals surface area contributed by atoms with Gasteiger partial charge < -0.3 is 9.47 Å². The summed E-state index contributed by atoms with van der Waals surface area (Å²) < 4.78 is 12.6. The Morgan fingerprint density at radius 2 is 2.19 bits per heavy atom. The molecule has 1 fully saturated rings. The van der Waals surface area contributed by atoms with Gasteiger partial charge in [-0.2, -0.15) is 0 Å². The number of alkyl halides is 1. The third-order valence-corrected chi connectivity index (χ3v) is 3.97. The van der Waals surface area contributed by atoms with Gasteiger partial charge in [-0.25, -0.2) is 0 Å². The number of ether oxygens (including phenoxy) is 2. The van der Waals surface area contributed by atoms with Gasteiger partial charge in [0.25, 0.3) is 0 Å². The second-order valence-corrected chi connectivity index (χ2v) is 5.48. The zero-order valence-corrected chi connectivity index (χ0v) is 11.9. The molecule has 2 nitrogen and oxygen atoms in total. The second-order valence-electron chi connectivity index (χ2n) is 3.76. The molecule has 0 bridgehead atoms. The lowest BCUT2D eigenvalue weighted by molar-refractivity contribution is -0.0762. The molecule has 0 saturated heterocycles. The molecule has 0 N–H and O–H groups in total. The molecule has 1 saturated carbocycles. The van der Waals surface area contributed by atoms with Gasteiger partial charge in [-0.1, -0.05) is 12.1 Å². The minimum Gasteiger partial charge on any atom is -0.486 e. The van der Waals surface area contributed by atoms with E-state index >= 15 is 0 Å². The van der Waals surface area contributed by atoms with Crippen molar-refractivity contribution >= 4 is 34.2 Å². The minimum atomic E-state index is 0.0303. The summed E-state index contributed by atoms with van der Waals surface area (Å²) in [5, 5.41) is 0.0892. The molecule has 0 heterocycles. The van der Waals surface area contributed by atoms with Crippen LogP contribution in [0, 0.1) is 3.57 Å². The highest BCUT2D eigenvalue weighted by Crippen LogP contribution is 2.34. The van der Waals surface area contributed by atoms with Crippen LogP contribution in [0.4, 0.5) is 0 Å². The normalized spacial score (nSPS) is 28.6. The van der Waals surface area contributed by atoms with E-state index in [-0.39, 0.29) is 17.6 Å². The zero-order valence-electron chi connectivity index (χ0n) is 9.03. The Bertz CT molecular complexity index is 359. The van der Waals surface area contributed by atoms with E-state index in [9.17, 15) is 0 Å². The molecule has 3 unspecified atom stereocenters. The summed E-state index contributed by atoms with van der Waals surface area (Å²) in [6.07, 6.45) is 0.984. The largest absolute Gasteiger partial charge is 0.486 e. The van der Waals surface area contributed by atoms with Gasteiger partial charge in [-0.3, -0.25) is 0 Å². The van der Waals surface area contributed by atoms with E-state index in [0.29, 0.717) is 6.61 Å². The molecule has 1 aromatic rings. The molecule has 1 aliphatic carbocycles. The molecule has 0 aromatic heterocycles. The Morgan fingerprint density at radius 1 is 1.44 bits per heavy atom. The van der Waals surface area contributed by atoms with Crippen LogP contribution in [0.2, 0.25) is 0 Å². The lowest BCUT2D eigenvalue weighted by Crippen LogP contribution is -2.52. The summed E-state index contributed by atoms with van der Waals surface area (Å²) in [5.74, 6) is 0.918. The van der Waals surface area contributed by atoms with E-state index in [0.717, 1.165) is 15.7 Å². The second kappa shape index (κ2) is 5.56. The fourth-order valence-electron chi connectivity index (χ4n) is 1.75. The van der Waals surface area contributed by atoms with Crippen LogP contribution in [0.15, 0.2) is 24.3 Å². The van der Waals surface area contributed by atoms with Crippen LogP contribution < -0.4 is 4.74 Å². The van der Waals surface area contributed by atoms with Crippen molar-refractivity contribution < 1.29 is 9.47 Å². The number of benzene rings is 1. The SMILES string of the molecule is CCOC1C(Cl)CC1Oc1ccccc1I. The molecule has 16 heavy (non-hydrogen) atoms. The monoisotopic (exact) mass is 352 g/mol. The van der Waals surface area contributed by atoms with Crippen molar-refractivity contribution in [2.45, 2.75) is 30.9 Å². The first-order valence-corrected chi connectivity index (χ1v) is 6.90. The minimum absolute atomic E-state index is 0.0303. The van der Waals surface area contributed by atoms with Crippen LogP contribution in [-0.4, -0.2) is 24.2 Å². The molecule has 0 radical (unpaired) electrons. The van der Waals surface area contributed by atoms with Crippen molar-refractivity contribution in [2.75, 3.05) is 6.61 Å². The number of hydrogen-bond acceptors (Lipinski definition) is 2. The number of rotatable bonds is 4. The highest BCUT2D eigenvalue weighted by atomic mass is 127. The predicted molar refractivity (Wildman–Crippen MR) is 73.2 cm³/mol. The average molecular weight is 353 g/mol. The quantitative estimate of drug-likeness (QED) is 0.610. The molecule has 0 spiro atoms. The van der Waals surface area contributed by atoms with Gasteiger partial charge in [0.2, 0.25) is 0 Å². The van der Waals surface area contributed by atoms with E-state index in [1.807, 2.05) is 31.2 Å². The van der Waals surface area contributed by atoms with Gasteiger partial charge in [0.05, 0.1) is 8.95 Å². The molecule has 0 amide bonds. The van der Waals surface area contributed by atoms with Crippen molar-refractivity contribution in [1.82, 2.24) is 0 Å². The molecule has 2 rings (SSSR count). The van der Waals surface area contributed by atoms with Gasteiger partial charge in [-0.15, -0.1) is 11.6 Å². The summed E-state index contributed by atoms with van der Waals surface area (Å²) in [7, 11) is 0. The first-order chi connectivity index (χ1) is 7.72. The molecule has 1 aromatic carbocycles. The average Bonchev–Trinajstić information content (AvgIpc) is 2.28. The van der Waals surface area contributed by atoms with Crippen LogP contribution in [0.3, 0.4) is 0 Å². The van der Waals surface area contributed by atoms with Gasteiger partial charge in [0, 0.05) is 13.0 Å². The lowest BCUT2D eigenvalue weighted by atomic mass is 9.91. The molecule has 88 valence electrons. The molecular weight excluding hydrogens is 338 g/mol. The topological polar surface area (TPSA) is 18.5 Å². The lowest BCUT2D eigenvalue weighted by Gasteiger charge is -2.40. The van der Waals surface area contributed by atoms with E-state index in [1.165, 1.54) is 0 Å². The molecular formula is C12H14ClIO2. The smallest absolute Gasteiger partial charge is 0.133 e. The van der Waals surface area contributed by atoms with Crippen molar-refractivity contribution in [1.29, 1.82) is 0 Å². The van der Waals surface area contributed by atoms with Gasteiger partial charge in [-0.05, 0) is 41.6 Å². The molecule has 1 aliphatic rings. The zero-order chi connectivity index (χ0) is 11.5. The number of para-hydroxylation sites is 1. The summed E-state index contributed by atoms with van der Waals surface area (Å²) in [6.45, 7) is 2.66. The highest BCUT2D eigenvalue weighted by molar-refractivity contribution is 14.1. The van der Waals surface area contributed by atoms with Crippen LogP contribution in [0.5, 0.6) is 5.75 Å². The Labute approximate surface area is 114 Å². The van der Waals surface area contributed by atoms with E-state index in [4.69, 9.17) is 21.1 Å². The molecule has 4 heteroatoms. The predicted octanol–water partition coefficient (Wildman–Crippen LogP) is 3.45. The van der Waals surface area contributed by atoms with Crippen LogP contribution in [0.1, 0.15) is 13.3 Å². The first kappa shape index (κ1) is 12.5. The Morgan fingerprint density at radius 3 is 2.81 bits per heavy atom. The summed E-state index contributed by atoms with van der Waals surface area (Å²) in [6, 6.07) is 7.98. The van der Waals surface area contributed by atoms with Crippen molar-refractivity contribution in [3.8, 4) is 5.75 Å². The van der Waals surface area contributed by atoms with Crippen molar-refractivity contribution in [2.24, 2.45) is 0 Å². The van der Waals surface area contributed by atoms with E-state index in [2.05, 4.69) is 22.6 Å². The standard InChI is InChI=1S/C12H14ClIO2/c1-2-15-12-8(13)7-11(12)16-10-6-4-3-5-9(10)14/h3-6,8,11-12H,2,7H2,1H3. The number of halogens is 2. The van der Waals surface area contributed by atoms with Crippen LogP contribution in [-0.2, 0) is 4.74 Å². The Kier molecular flexibility index (Phi) is 4.33. The molecule has 0 aliphatic heterocycles. The van der Waals surface area contributed by atoms with E-state index in [1.54, 1.807) is 0 Å². The first-order valence-electron chi connectivity index (χ1n) is 5.39. The third kappa shape index (κ3) is 2.63. The van der Waals surface area contributed by atoms with Crippen LogP contribution in [0.25, 0.3) is 0 Å². The van der Waals surface area contributed by atoms with Gasteiger partial charge in [0.1, 0.15) is 18.0 Å². The maximum absolute atomic E-state index is 6.09. The Hall–Kier alpha value is -0.000000000000000111. The van der Waals surface area contributed by atoms with Crippen molar-refractivity contribution in [3.63, 3.8) is 0 Å².